The van der Waals surface area contributed by atoms with Crippen LogP contribution in [-0.4, -0.2) is 14.6 Å². The molecule has 3 nitrogen and oxygen atoms in total. The number of fused-ring (bicyclic) bond motifs is 1. The molecule has 0 aliphatic carbocycles. The lowest BCUT2D eigenvalue weighted by Gasteiger charge is -1.98. The Kier molecular flexibility index (Phi) is 3.01. The normalized spacial score (nSPS) is 11.1. The van der Waals surface area contributed by atoms with E-state index in [1.165, 1.54) is 6.33 Å². The van der Waals surface area contributed by atoms with Gasteiger partial charge >= 0.3 is 0 Å². The first-order chi connectivity index (χ1) is 8.66. The highest BCUT2D eigenvalue weighted by molar-refractivity contribution is 9.10. The van der Waals surface area contributed by atoms with Crippen LogP contribution in [0.3, 0.4) is 0 Å². The molecule has 0 bridgehead atoms. The van der Waals surface area contributed by atoms with E-state index in [4.69, 9.17) is 23.2 Å². The molecule has 0 aliphatic heterocycles. The summed E-state index contributed by atoms with van der Waals surface area (Å²) < 4.78 is 2.57. The Bertz CT molecular complexity index is 722. The monoisotopic (exact) mass is 341 g/mol. The molecule has 0 radical (unpaired) electrons. The Balaban J connectivity index is 2.27. The minimum atomic E-state index is 0.414. The smallest absolute Gasteiger partial charge is 0.157 e. The van der Waals surface area contributed by atoms with Crippen LogP contribution < -0.4 is 0 Å². The van der Waals surface area contributed by atoms with Gasteiger partial charge in [-0.2, -0.15) is 5.10 Å². The van der Waals surface area contributed by atoms with Crippen LogP contribution in [0.25, 0.3) is 16.6 Å². The first kappa shape index (κ1) is 12.0. The van der Waals surface area contributed by atoms with Crippen LogP contribution in [0.5, 0.6) is 0 Å². The highest BCUT2D eigenvalue weighted by Gasteiger charge is 2.13. The lowest BCUT2D eigenvalue weighted by molar-refractivity contribution is 0.903. The summed E-state index contributed by atoms with van der Waals surface area (Å²) in [6.45, 7) is 0. The van der Waals surface area contributed by atoms with Crippen LogP contribution in [0.2, 0.25) is 10.2 Å². The molecular weight excluding hydrogens is 337 g/mol. The van der Waals surface area contributed by atoms with Gasteiger partial charge in [0, 0.05) is 16.8 Å². The fraction of sp³-hybridized carbons (Fsp3) is 0. The summed E-state index contributed by atoms with van der Waals surface area (Å²) in [6.07, 6.45) is 3.32. The molecule has 0 fully saturated rings. The fourth-order valence-corrected chi connectivity index (χ4v) is 2.94. The highest BCUT2D eigenvalue weighted by Crippen LogP contribution is 2.35. The lowest BCUT2D eigenvalue weighted by atomic mass is 10.1. The van der Waals surface area contributed by atoms with Crippen LogP contribution in [-0.2, 0) is 0 Å². The predicted octanol–water partition coefficient (Wildman–Crippen LogP) is 4.47. The summed E-state index contributed by atoms with van der Waals surface area (Å²) in [6, 6.07) is 7.59. The van der Waals surface area contributed by atoms with Crippen molar-refractivity contribution in [2.75, 3.05) is 0 Å². The van der Waals surface area contributed by atoms with Crippen LogP contribution >= 0.6 is 39.1 Å². The minimum Gasteiger partial charge on any atom is -0.235 e. The van der Waals surface area contributed by atoms with E-state index in [-0.39, 0.29) is 0 Å². The number of benzene rings is 1. The summed E-state index contributed by atoms with van der Waals surface area (Å²) in [5, 5.41) is 5.25. The first-order valence-electron chi connectivity index (χ1n) is 5.10. The summed E-state index contributed by atoms with van der Waals surface area (Å²) in [4.78, 5) is 3.97. The van der Waals surface area contributed by atoms with Crippen molar-refractivity contribution in [3.8, 4) is 11.1 Å². The lowest BCUT2D eigenvalue weighted by Crippen LogP contribution is -1.90. The van der Waals surface area contributed by atoms with Gasteiger partial charge in [0.05, 0.1) is 4.47 Å². The van der Waals surface area contributed by atoms with Crippen LogP contribution in [0.1, 0.15) is 0 Å². The Morgan fingerprint density at radius 1 is 1.11 bits per heavy atom. The van der Waals surface area contributed by atoms with Crippen molar-refractivity contribution in [1.82, 2.24) is 14.6 Å². The third-order valence-electron chi connectivity index (χ3n) is 2.62. The Labute approximate surface area is 121 Å². The zero-order valence-corrected chi connectivity index (χ0v) is 12.0. The quantitative estimate of drug-likeness (QED) is 0.653. The molecule has 0 N–H and O–H groups in total. The third kappa shape index (κ3) is 1.90. The molecule has 1 aromatic carbocycles. The standard InChI is InChI=1S/C12H6BrCl2N3/c13-10-9(7-1-3-8(14)4-2-7)5-18-11(10)12(15)16-6-17-18/h1-6H. The molecule has 0 unspecified atom stereocenters. The second kappa shape index (κ2) is 4.53. The van der Waals surface area contributed by atoms with Crippen molar-refractivity contribution in [2.45, 2.75) is 0 Å². The van der Waals surface area contributed by atoms with Gasteiger partial charge in [0.15, 0.2) is 5.15 Å². The van der Waals surface area contributed by atoms with E-state index in [0.717, 1.165) is 21.1 Å². The Morgan fingerprint density at radius 3 is 2.50 bits per heavy atom. The van der Waals surface area contributed by atoms with Gasteiger partial charge in [-0.1, -0.05) is 35.3 Å². The zero-order valence-electron chi connectivity index (χ0n) is 8.94. The summed E-state index contributed by atoms with van der Waals surface area (Å²) in [5.74, 6) is 0. The van der Waals surface area contributed by atoms with E-state index in [1.54, 1.807) is 4.52 Å². The fourth-order valence-electron chi connectivity index (χ4n) is 1.77. The van der Waals surface area contributed by atoms with Crippen LogP contribution in [0.15, 0.2) is 41.3 Å². The maximum Gasteiger partial charge on any atom is 0.157 e. The number of rotatable bonds is 1. The van der Waals surface area contributed by atoms with Crippen molar-refractivity contribution in [3.05, 3.63) is 51.4 Å². The second-order valence-electron chi connectivity index (χ2n) is 3.71. The molecule has 2 aromatic heterocycles. The minimum absolute atomic E-state index is 0.414. The Morgan fingerprint density at radius 2 is 1.83 bits per heavy atom. The average molecular weight is 343 g/mol. The number of nitrogens with zero attached hydrogens (tertiary/aromatic N) is 3. The molecule has 2 heterocycles. The molecule has 6 heteroatoms. The molecular formula is C12H6BrCl2N3. The van der Waals surface area contributed by atoms with Crippen molar-refractivity contribution >= 4 is 44.6 Å². The van der Waals surface area contributed by atoms with Crippen LogP contribution in [0.4, 0.5) is 0 Å². The van der Waals surface area contributed by atoms with Gasteiger partial charge in [0.2, 0.25) is 0 Å². The first-order valence-corrected chi connectivity index (χ1v) is 6.65. The highest BCUT2D eigenvalue weighted by atomic mass is 79.9. The third-order valence-corrected chi connectivity index (χ3v) is 3.95. The van der Waals surface area contributed by atoms with Crippen molar-refractivity contribution in [3.63, 3.8) is 0 Å². The maximum absolute atomic E-state index is 6.07. The molecule has 0 aliphatic rings. The maximum atomic E-state index is 6.07. The van der Waals surface area contributed by atoms with Gasteiger partial charge in [-0.3, -0.25) is 0 Å². The number of hydrogen-bond acceptors (Lipinski definition) is 2. The zero-order chi connectivity index (χ0) is 12.7. The summed E-state index contributed by atoms with van der Waals surface area (Å²) in [5.41, 5.74) is 2.78. The predicted molar refractivity (Wildman–Crippen MR) is 76.1 cm³/mol. The molecule has 3 rings (SSSR count). The van der Waals surface area contributed by atoms with Gasteiger partial charge < -0.3 is 0 Å². The van der Waals surface area contributed by atoms with E-state index in [9.17, 15) is 0 Å². The van der Waals surface area contributed by atoms with Gasteiger partial charge in [-0.25, -0.2) is 9.50 Å². The molecule has 0 amide bonds. The summed E-state index contributed by atoms with van der Waals surface area (Å²) >= 11 is 15.5. The SMILES string of the molecule is Clc1ccc(-c2cn3ncnc(Cl)c3c2Br)cc1. The number of aromatic nitrogens is 3. The van der Waals surface area contributed by atoms with Crippen molar-refractivity contribution < 1.29 is 0 Å². The van der Waals surface area contributed by atoms with Crippen LogP contribution in [0, 0.1) is 0 Å². The summed E-state index contributed by atoms with van der Waals surface area (Å²) in [7, 11) is 0. The van der Waals surface area contributed by atoms with E-state index in [1.807, 2.05) is 30.5 Å². The van der Waals surface area contributed by atoms with Gasteiger partial charge in [-0.05, 0) is 33.6 Å². The largest absolute Gasteiger partial charge is 0.235 e. The van der Waals surface area contributed by atoms with Gasteiger partial charge in [0.25, 0.3) is 0 Å². The average Bonchev–Trinajstić information content (AvgIpc) is 2.69. The van der Waals surface area contributed by atoms with E-state index >= 15 is 0 Å². The molecule has 0 saturated carbocycles. The molecule has 18 heavy (non-hydrogen) atoms. The number of hydrogen-bond donors (Lipinski definition) is 0. The van der Waals surface area contributed by atoms with Crippen molar-refractivity contribution in [2.24, 2.45) is 0 Å². The second-order valence-corrected chi connectivity index (χ2v) is 5.30. The Hall–Kier alpha value is -1.10. The molecule has 0 saturated heterocycles. The van der Waals surface area contributed by atoms with E-state index < -0.39 is 0 Å². The molecule has 0 atom stereocenters. The van der Waals surface area contributed by atoms with E-state index in [2.05, 4.69) is 26.0 Å². The number of halogens is 3. The van der Waals surface area contributed by atoms with Gasteiger partial charge in [0.1, 0.15) is 11.8 Å². The van der Waals surface area contributed by atoms with Gasteiger partial charge in [-0.15, -0.1) is 0 Å². The molecule has 0 spiro atoms. The molecule has 90 valence electrons. The topological polar surface area (TPSA) is 30.2 Å². The van der Waals surface area contributed by atoms with Crippen molar-refractivity contribution in [1.29, 1.82) is 0 Å². The molecule has 3 aromatic rings. The van der Waals surface area contributed by atoms with E-state index in [0.29, 0.717) is 10.2 Å².